The van der Waals surface area contributed by atoms with Crippen LogP contribution in [0.15, 0.2) is 24.4 Å². The number of rotatable bonds is 3. The van der Waals surface area contributed by atoms with Crippen LogP contribution in [0.3, 0.4) is 0 Å². The molecule has 6 heteroatoms. The van der Waals surface area contributed by atoms with E-state index in [-0.39, 0.29) is 12.6 Å². The van der Waals surface area contributed by atoms with E-state index in [1.165, 1.54) is 0 Å². The van der Waals surface area contributed by atoms with Gasteiger partial charge < -0.3 is 20.8 Å². The second kappa shape index (κ2) is 5.95. The minimum absolute atomic E-state index is 0.286. The van der Waals surface area contributed by atoms with Crippen molar-refractivity contribution in [3.63, 3.8) is 0 Å². The first-order chi connectivity index (χ1) is 9.76. The Hall–Kier alpha value is -1.72. The predicted molar refractivity (Wildman–Crippen MR) is 84.5 cm³/mol. The normalized spacial score (nSPS) is 13.2. The summed E-state index contributed by atoms with van der Waals surface area (Å²) in [5.74, 6) is 0. The Kier molecular flexibility index (Phi) is 4.44. The van der Waals surface area contributed by atoms with Crippen molar-refractivity contribution in [2.45, 2.75) is 32.4 Å². The van der Waals surface area contributed by atoms with Crippen LogP contribution in [0.1, 0.15) is 32.4 Å². The van der Waals surface area contributed by atoms with Gasteiger partial charge in [0.2, 0.25) is 0 Å². The summed E-state index contributed by atoms with van der Waals surface area (Å²) in [7, 11) is 0. The highest BCUT2D eigenvalue weighted by molar-refractivity contribution is 6.31. The maximum atomic E-state index is 11.6. The molecule has 2 rings (SSSR count). The lowest BCUT2D eigenvalue weighted by atomic mass is 10.1. The number of ether oxygens (including phenoxy) is 1. The average molecular weight is 310 g/mol. The van der Waals surface area contributed by atoms with Gasteiger partial charge >= 0.3 is 6.09 Å². The Morgan fingerprint density at radius 1 is 1.48 bits per heavy atom. The Morgan fingerprint density at radius 3 is 2.86 bits per heavy atom. The van der Waals surface area contributed by atoms with Crippen LogP contribution in [-0.4, -0.2) is 23.2 Å². The van der Waals surface area contributed by atoms with Gasteiger partial charge in [0.1, 0.15) is 5.60 Å². The SMILES string of the molecule is CC(C)(C)OC(=O)NCC(N)c1c[nH]c2ccc(Cl)cc12. The van der Waals surface area contributed by atoms with Crippen molar-refractivity contribution in [1.29, 1.82) is 0 Å². The van der Waals surface area contributed by atoms with Crippen LogP contribution < -0.4 is 11.1 Å². The fourth-order valence-corrected chi connectivity index (χ4v) is 2.21. The van der Waals surface area contributed by atoms with Gasteiger partial charge in [0.25, 0.3) is 0 Å². The molecule has 1 heterocycles. The number of alkyl carbamates (subject to hydrolysis) is 1. The number of carbonyl (C=O) groups is 1. The molecule has 5 nitrogen and oxygen atoms in total. The molecule has 114 valence electrons. The smallest absolute Gasteiger partial charge is 0.407 e. The number of aromatic amines is 1. The van der Waals surface area contributed by atoms with Crippen molar-refractivity contribution in [2.24, 2.45) is 5.73 Å². The first-order valence-electron chi connectivity index (χ1n) is 6.75. The van der Waals surface area contributed by atoms with Crippen molar-refractivity contribution in [3.8, 4) is 0 Å². The van der Waals surface area contributed by atoms with E-state index < -0.39 is 11.7 Å². The lowest BCUT2D eigenvalue weighted by Gasteiger charge is -2.20. The summed E-state index contributed by atoms with van der Waals surface area (Å²) >= 11 is 6.01. The highest BCUT2D eigenvalue weighted by Crippen LogP contribution is 2.25. The molecule has 0 aliphatic rings. The molecule has 0 fully saturated rings. The predicted octanol–water partition coefficient (Wildman–Crippen LogP) is 3.35. The van der Waals surface area contributed by atoms with Crippen LogP contribution in [0.2, 0.25) is 5.02 Å². The number of halogens is 1. The summed E-state index contributed by atoms with van der Waals surface area (Å²) in [4.78, 5) is 14.8. The largest absolute Gasteiger partial charge is 0.444 e. The molecule has 2 aromatic rings. The third kappa shape index (κ3) is 4.12. The second-order valence-electron chi connectivity index (χ2n) is 5.92. The number of H-pyrrole nitrogens is 1. The van der Waals surface area contributed by atoms with Crippen LogP contribution in [-0.2, 0) is 4.74 Å². The summed E-state index contributed by atoms with van der Waals surface area (Å²) in [6.45, 7) is 5.73. The van der Waals surface area contributed by atoms with Gasteiger partial charge in [-0.05, 0) is 44.5 Å². The van der Waals surface area contributed by atoms with Crippen LogP contribution in [0.25, 0.3) is 10.9 Å². The second-order valence-corrected chi connectivity index (χ2v) is 6.36. The standard InChI is InChI=1S/C15H20ClN3O2/c1-15(2,3)21-14(20)19-8-12(17)11-7-18-13-5-4-9(16)6-10(11)13/h4-7,12,18H,8,17H2,1-3H3,(H,19,20). The van der Waals surface area contributed by atoms with Gasteiger partial charge in [-0.25, -0.2) is 4.79 Å². The van der Waals surface area contributed by atoms with Gasteiger partial charge in [0, 0.05) is 34.7 Å². The molecule has 1 unspecified atom stereocenters. The number of benzene rings is 1. The number of hydrogen-bond donors (Lipinski definition) is 3. The molecule has 0 bridgehead atoms. The van der Waals surface area contributed by atoms with Crippen molar-refractivity contribution in [3.05, 3.63) is 35.0 Å². The van der Waals surface area contributed by atoms with E-state index in [4.69, 9.17) is 22.1 Å². The number of nitrogens with two attached hydrogens (primary N) is 1. The van der Waals surface area contributed by atoms with Crippen LogP contribution in [0, 0.1) is 0 Å². The van der Waals surface area contributed by atoms with Crippen molar-refractivity contribution in [1.82, 2.24) is 10.3 Å². The van der Waals surface area contributed by atoms with E-state index in [2.05, 4.69) is 10.3 Å². The molecule has 0 saturated heterocycles. The van der Waals surface area contributed by atoms with Crippen LogP contribution >= 0.6 is 11.6 Å². The molecule has 1 atom stereocenters. The van der Waals surface area contributed by atoms with Crippen LogP contribution in [0.5, 0.6) is 0 Å². The van der Waals surface area contributed by atoms with E-state index in [1.807, 2.05) is 45.2 Å². The van der Waals surface area contributed by atoms with Crippen molar-refractivity contribution < 1.29 is 9.53 Å². The third-order valence-corrected chi connectivity index (χ3v) is 3.18. The fourth-order valence-electron chi connectivity index (χ4n) is 2.04. The van der Waals surface area contributed by atoms with Gasteiger partial charge in [-0.3, -0.25) is 0 Å². The summed E-state index contributed by atoms with van der Waals surface area (Å²) in [6.07, 6.45) is 1.36. The summed E-state index contributed by atoms with van der Waals surface area (Å²) < 4.78 is 5.18. The third-order valence-electron chi connectivity index (χ3n) is 2.94. The molecule has 4 N–H and O–H groups in total. The Labute approximate surface area is 128 Å². The molecule has 0 spiro atoms. The number of fused-ring (bicyclic) bond motifs is 1. The Morgan fingerprint density at radius 2 is 2.19 bits per heavy atom. The highest BCUT2D eigenvalue weighted by Gasteiger charge is 2.18. The maximum absolute atomic E-state index is 11.6. The molecule has 0 radical (unpaired) electrons. The van der Waals surface area contributed by atoms with E-state index in [0.717, 1.165) is 16.5 Å². The van der Waals surface area contributed by atoms with Crippen molar-refractivity contribution in [2.75, 3.05) is 6.54 Å². The van der Waals surface area contributed by atoms with Gasteiger partial charge in [0.05, 0.1) is 0 Å². The molecule has 21 heavy (non-hydrogen) atoms. The van der Waals surface area contributed by atoms with E-state index in [9.17, 15) is 4.79 Å². The number of nitrogens with one attached hydrogen (secondary N) is 2. The van der Waals surface area contributed by atoms with E-state index >= 15 is 0 Å². The monoisotopic (exact) mass is 309 g/mol. The molecular formula is C15H20ClN3O2. The number of aromatic nitrogens is 1. The lowest BCUT2D eigenvalue weighted by molar-refractivity contribution is 0.0524. The molecular weight excluding hydrogens is 290 g/mol. The van der Waals surface area contributed by atoms with Gasteiger partial charge in [-0.15, -0.1) is 0 Å². The van der Waals surface area contributed by atoms with E-state index in [1.54, 1.807) is 0 Å². The molecule has 0 aliphatic heterocycles. The zero-order valence-electron chi connectivity index (χ0n) is 12.4. The number of hydrogen-bond acceptors (Lipinski definition) is 3. The first kappa shape index (κ1) is 15.7. The van der Waals surface area contributed by atoms with Crippen molar-refractivity contribution >= 4 is 28.6 Å². The molecule has 1 aromatic carbocycles. The van der Waals surface area contributed by atoms with Gasteiger partial charge in [-0.2, -0.15) is 0 Å². The molecule has 1 amide bonds. The van der Waals surface area contributed by atoms with E-state index in [0.29, 0.717) is 5.02 Å². The Balaban J connectivity index is 2.04. The highest BCUT2D eigenvalue weighted by atomic mass is 35.5. The zero-order chi connectivity index (χ0) is 15.6. The fraction of sp³-hybridized carbons (Fsp3) is 0.400. The number of carbonyl (C=O) groups excluding carboxylic acids is 1. The Bertz CT molecular complexity index is 646. The summed E-state index contributed by atoms with van der Waals surface area (Å²) in [6, 6.07) is 5.23. The lowest BCUT2D eigenvalue weighted by Crippen LogP contribution is -2.36. The quantitative estimate of drug-likeness (QED) is 0.813. The minimum Gasteiger partial charge on any atom is -0.444 e. The topological polar surface area (TPSA) is 80.1 Å². The molecule has 0 aliphatic carbocycles. The van der Waals surface area contributed by atoms with Crippen LogP contribution in [0.4, 0.5) is 4.79 Å². The maximum Gasteiger partial charge on any atom is 0.407 e. The average Bonchev–Trinajstić information content (AvgIpc) is 2.76. The van der Waals surface area contributed by atoms with Gasteiger partial charge in [0.15, 0.2) is 0 Å². The first-order valence-corrected chi connectivity index (χ1v) is 7.13. The van der Waals surface area contributed by atoms with Gasteiger partial charge in [-0.1, -0.05) is 11.6 Å². The number of amides is 1. The molecule has 0 saturated carbocycles. The molecule has 1 aromatic heterocycles. The minimum atomic E-state index is -0.525. The summed E-state index contributed by atoms with van der Waals surface area (Å²) in [5, 5.41) is 4.28. The summed E-state index contributed by atoms with van der Waals surface area (Å²) in [5.41, 5.74) is 7.48. The zero-order valence-corrected chi connectivity index (χ0v) is 13.1.